The first-order valence-corrected chi connectivity index (χ1v) is 8.87. The zero-order valence-electron chi connectivity index (χ0n) is 15.7. The first-order valence-electron chi connectivity index (χ1n) is 8.87. The van der Waals surface area contributed by atoms with Crippen LogP contribution in [0.1, 0.15) is 31.9 Å². The van der Waals surface area contributed by atoms with Crippen molar-refractivity contribution in [3.05, 3.63) is 77.5 Å². The van der Waals surface area contributed by atoms with E-state index >= 15 is 0 Å². The number of nitrogens with zero attached hydrogens (tertiary/aromatic N) is 1. The molecule has 2 amide bonds. The van der Waals surface area contributed by atoms with Crippen molar-refractivity contribution >= 4 is 17.6 Å². The second-order valence-electron chi connectivity index (χ2n) is 7.49. The Labute approximate surface area is 158 Å². The lowest BCUT2D eigenvalue weighted by molar-refractivity contribution is -0.124. The number of ether oxygens (including phenoxy) is 1. The van der Waals surface area contributed by atoms with Crippen molar-refractivity contribution in [2.75, 3.05) is 0 Å². The predicted molar refractivity (Wildman–Crippen MR) is 103 cm³/mol. The van der Waals surface area contributed by atoms with Gasteiger partial charge in [-0.3, -0.25) is 4.79 Å². The zero-order chi connectivity index (χ0) is 19.6. The van der Waals surface area contributed by atoms with Crippen LogP contribution in [-0.4, -0.2) is 33.6 Å². The number of hydrogen-bond acceptors (Lipinski definition) is 4. The molecule has 5 nitrogen and oxygen atoms in total. The first-order chi connectivity index (χ1) is 12.8. The highest BCUT2D eigenvalue weighted by Crippen LogP contribution is 2.34. The number of rotatable bonds is 3. The number of carbonyl (C=O) groups excluding carboxylic acids is 2. The number of hydrogen-bond donors (Lipinski definition) is 1. The van der Waals surface area contributed by atoms with Gasteiger partial charge in [0.15, 0.2) is 0 Å². The fourth-order valence-corrected chi connectivity index (χ4v) is 3.08. The summed E-state index contributed by atoms with van der Waals surface area (Å²) in [6, 6.07) is 17.5. The Morgan fingerprint density at radius 3 is 2.15 bits per heavy atom. The van der Waals surface area contributed by atoms with Gasteiger partial charge in [0, 0.05) is 6.42 Å². The molecule has 2 aromatic rings. The second kappa shape index (κ2) is 7.27. The molecule has 27 heavy (non-hydrogen) atoms. The average Bonchev–Trinajstić information content (AvgIpc) is 2.85. The summed E-state index contributed by atoms with van der Waals surface area (Å²) in [7, 11) is 0. The van der Waals surface area contributed by atoms with Gasteiger partial charge in [0.2, 0.25) is 0 Å². The van der Waals surface area contributed by atoms with E-state index in [1.807, 2.05) is 36.4 Å². The van der Waals surface area contributed by atoms with E-state index in [1.54, 1.807) is 45.0 Å². The lowest BCUT2D eigenvalue weighted by atomic mass is 10.0. The third kappa shape index (κ3) is 4.03. The molecule has 0 aliphatic carbocycles. The van der Waals surface area contributed by atoms with Crippen molar-refractivity contribution in [3.63, 3.8) is 0 Å². The minimum Gasteiger partial charge on any atom is -0.509 e. The molecule has 0 unspecified atom stereocenters. The van der Waals surface area contributed by atoms with Crippen LogP contribution in [0.2, 0.25) is 0 Å². The molecule has 1 atom stereocenters. The lowest BCUT2D eigenvalue weighted by Gasteiger charge is -2.27. The van der Waals surface area contributed by atoms with Crippen LogP contribution >= 0.6 is 0 Å². The van der Waals surface area contributed by atoms with E-state index in [0.717, 1.165) is 10.5 Å². The summed E-state index contributed by atoms with van der Waals surface area (Å²) in [5.41, 5.74) is 0.871. The molecule has 2 aromatic carbocycles. The zero-order valence-corrected chi connectivity index (χ0v) is 15.7. The molecule has 0 fully saturated rings. The molecule has 3 rings (SSSR count). The second-order valence-corrected chi connectivity index (χ2v) is 7.49. The molecular formula is C22H23NO4. The number of benzene rings is 2. The van der Waals surface area contributed by atoms with E-state index in [1.165, 1.54) is 0 Å². The van der Waals surface area contributed by atoms with Crippen LogP contribution in [-0.2, 0) is 16.0 Å². The molecule has 5 heteroatoms. The number of imide groups is 1. The molecule has 1 heterocycles. The fourth-order valence-electron chi connectivity index (χ4n) is 3.08. The molecule has 0 radical (unpaired) electrons. The Bertz CT molecular complexity index is 866. The molecule has 0 saturated heterocycles. The highest BCUT2D eigenvalue weighted by molar-refractivity contribution is 6.26. The topological polar surface area (TPSA) is 66.8 Å². The maximum atomic E-state index is 13.1. The van der Waals surface area contributed by atoms with Crippen LogP contribution in [0.25, 0.3) is 5.57 Å². The van der Waals surface area contributed by atoms with Crippen molar-refractivity contribution < 1.29 is 19.4 Å². The van der Waals surface area contributed by atoms with Crippen LogP contribution in [0.5, 0.6) is 0 Å². The molecule has 140 valence electrons. The van der Waals surface area contributed by atoms with Crippen molar-refractivity contribution in [1.82, 2.24) is 4.90 Å². The Kier molecular flexibility index (Phi) is 5.04. The third-order valence-electron chi connectivity index (χ3n) is 4.24. The van der Waals surface area contributed by atoms with Gasteiger partial charge in [0.1, 0.15) is 17.4 Å². The minimum atomic E-state index is -0.801. The summed E-state index contributed by atoms with van der Waals surface area (Å²) in [5.74, 6) is -0.658. The predicted octanol–water partition coefficient (Wildman–Crippen LogP) is 4.34. The molecule has 1 aliphatic heterocycles. The van der Waals surface area contributed by atoms with Crippen molar-refractivity contribution in [1.29, 1.82) is 0 Å². The van der Waals surface area contributed by atoms with Gasteiger partial charge in [-0.1, -0.05) is 60.7 Å². The van der Waals surface area contributed by atoms with Crippen molar-refractivity contribution in [2.45, 2.75) is 38.8 Å². The fraction of sp³-hybridized carbons (Fsp3) is 0.273. The van der Waals surface area contributed by atoms with Gasteiger partial charge < -0.3 is 9.84 Å². The van der Waals surface area contributed by atoms with Crippen LogP contribution in [0, 0.1) is 0 Å². The summed E-state index contributed by atoms with van der Waals surface area (Å²) >= 11 is 0. The Hall–Kier alpha value is -3.08. The van der Waals surface area contributed by atoms with Crippen LogP contribution in [0.4, 0.5) is 4.79 Å². The highest BCUT2D eigenvalue weighted by Gasteiger charge is 2.45. The Balaban J connectivity index is 2.01. The van der Waals surface area contributed by atoms with Gasteiger partial charge in [0.25, 0.3) is 5.91 Å². The van der Waals surface area contributed by atoms with Gasteiger partial charge in [-0.25, -0.2) is 9.69 Å². The van der Waals surface area contributed by atoms with Gasteiger partial charge in [-0.05, 0) is 31.9 Å². The number of aliphatic hydroxyl groups excluding tert-OH is 1. The number of amides is 2. The molecule has 1 aliphatic rings. The van der Waals surface area contributed by atoms with Crippen LogP contribution in [0.15, 0.2) is 66.4 Å². The smallest absolute Gasteiger partial charge is 0.418 e. The van der Waals surface area contributed by atoms with Crippen molar-refractivity contribution in [2.24, 2.45) is 0 Å². The van der Waals surface area contributed by atoms with E-state index < -0.39 is 23.6 Å². The van der Waals surface area contributed by atoms with Gasteiger partial charge >= 0.3 is 6.09 Å². The maximum absolute atomic E-state index is 13.1. The third-order valence-corrected chi connectivity index (χ3v) is 4.24. The van der Waals surface area contributed by atoms with Crippen LogP contribution < -0.4 is 0 Å². The van der Waals surface area contributed by atoms with Crippen LogP contribution in [0.3, 0.4) is 0 Å². The first kappa shape index (κ1) is 18.7. The summed E-state index contributed by atoms with van der Waals surface area (Å²) in [6.45, 7) is 5.22. The molecular weight excluding hydrogens is 342 g/mol. The lowest BCUT2D eigenvalue weighted by Crippen LogP contribution is -2.44. The number of aliphatic hydroxyl groups is 1. The Morgan fingerprint density at radius 2 is 1.59 bits per heavy atom. The highest BCUT2D eigenvalue weighted by atomic mass is 16.6. The van der Waals surface area contributed by atoms with E-state index in [-0.39, 0.29) is 11.3 Å². The largest absolute Gasteiger partial charge is 0.509 e. The normalized spacial score (nSPS) is 17.4. The summed E-state index contributed by atoms with van der Waals surface area (Å²) in [5, 5.41) is 10.9. The van der Waals surface area contributed by atoms with E-state index in [2.05, 4.69) is 0 Å². The summed E-state index contributed by atoms with van der Waals surface area (Å²) in [6.07, 6.45) is -0.445. The maximum Gasteiger partial charge on any atom is 0.418 e. The average molecular weight is 365 g/mol. The summed E-state index contributed by atoms with van der Waals surface area (Å²) in [4.78, 5) is 26.8. The standard InChI is InChI=1S/C22H23NO4/c1-22(2,3)27-21(26)23-17(14-15-10-6-4-7-11-15)19(24)18(20(23)25)16-12-8-5-9-13-16/h4-13,17,24H,14H2,1-3H3/t17-/m0/s1. The quantitative estimate of drug-likeness (QED) is 0.878. The van der Waals surface area contributed by atoms with Gasteiger partial charge in [0.05, 0.1) is 5.57 Å². The number of carbonyl (C=O) groups is 2. The van der Waals surface area contributed by atoms with Crippen molar-refractivity contribution in [3.8, 4) is 0 Å². The SMILES string of the molecule is CC(C)(C)OC(=O)N1C(=O)C(c2ccccc2)=C(O)[C@@H]1Cc1ccccc1. The molecule has 0 aromatic heterocycles. The molecule has 1 N–H and O–H groups in total. The monoisotopic (exact) mass is 365 g/mol. The van der Waals surface area contributed by atoms with Gasteiger partial charge in [-0.2, -0.15) is 0 Å². The van der Waals surface area contributed by atoms with Gasteiger partial charge in [-0.15, -0.1) is 0 Å². The molecule has 0 bridgehead atoms. The molecule has 0 saturated carbocycles. The summed E-state index contributed by atoms with van der Waals surface area (Å²) < 4.78 is 5.42. The Morgan fingerprint density at radius 1 is 1.04 bits per heavy atom. The van der Waals surface area contributed by atoms with E-state index in [9.17, 15) is 14.7 Å². The van der Waals surface area contributed by atoms with E-state index in [4.69, 9.17) is 4.74 Å². The molecule has 0 spiro atoms. The minimum absolute atomic E-state index is 0.110. The van der Waals surface area contributed by atoms with E-state index in [0.29, 0.717) is 12.0 Å².